The fourth-order valence-electron chi connectivity index (χ4n) is 2.38. The van der Waals surface area contributed by atoms with Crippen molar-refractivity contribution in [3.63, 3.8) is 0 Å². The number of piperidine rings is 1. The molecule has 0 saturated carbocycles. The van der Waals surface area contributed by atoms with Gasteiger partial charge >= 0.3 is 0 Å². The number of hydrogen-bond donors (Lipinski definition) is 0. The first-order valence-corrected chi connectivity index (χ1v) is 5.54. The van der Waals surface area contributed by atoms with Gasteiger partial charge in [-0.2, -0.15) is 0 Å². The zero-order chi connectivity index (χ0) is 9.90. The summed E-state index contributed by atoms with van der Waals surface area (Å²) in [5.74, 6) is 0. The maximum absolute atomic E-state index is 2.54. The zero-order valence-corrected chi connectivity index (χ0v) is 9.64. The first-order valence-electron chi connectivity index (χ1n) is 5.54. The van der Waals surface area contributed by atoms with Gasteiger partial charge < -0.3 is 9.80 Å². The fraction of sp³-hybridized carbons (Fsp3) is 1.00. The Bertz CT molecular complexity index is 148. The predicted octanol–water partition coefficient (Wildman–Crippen LogP) is 1.81. The monoisotopic (exact) mass is 184 g/mol. The van der Waals surface area contributed by atoms with Crippen molar-refractivity contribution in [1.82, 2.24) is 9.80 Å². The molecule has 0 aliphatic carbocycles. The van der Waals surface area contributed by atoms with E-state index in [4.69, 9.17) is 0 Å². The molecule has 13 heavy (non-hydrogen) atoms. The molecule has 0 atom stereocenters. The van der Waals surface area contributed by atoms with Gasteiger partial charge in [-0.25, -0.2) is 0 Å². The lowest BCUT2D eigenvalue weighted by Crippen LogP contribution is -2.52. The first-order chi connectivity index (χ1) is 6.14. The number of nitrogens with zero attached hydrogens (tertiary/aromatic N) is 2. The van der Waals surface area contributed by atoms with E-state index in [1.54, 1.807) is 0 Å². The summed E-state index contributed by atoms with van der Waals surface area (Å²) < 4.78 is 0. The van der Waals surface area contributed by atoms with E-state index >= 15 is 0 Å². The van der Waals surface area contributed by atoms with E-state index in [2.05, 4.69) is 37.7 Å². The standard InChI is InChI=1S/C11H24N2/c1-5-11(13(4)6-2)7-9-12(3)10-8-11/h5-10H2,1-4H3. The highest BCUT2D eigenvalue weighted by molar-refractivity contribution is 4.92. The molecule has 0 radical (unpaired) electrons. The Balaban J connectivity index is 2.60. The fourth-order valence-corrected chi connectivity index (χ4v) is 2.38. The van der Waals surface area contributed by atoms with Crippen LogP contribution in [-0.4, -0.2) is 49.1 Å². The van der Waals surface area contributed by atoms with Crippen LogP contribution in [0.4, 0.5) is 0 Å². The lowest BCUT2D eigenvalue weighted by atomic mass is 9.83. The van der Waals surface area contributed by atoms with E-state index in [1.165, 1.54) is 38.9 Å². The average Bonchev–Trinajstić information content (AvgIpc) is 2.18. The summed E-state index contributed by atoms with van der Waals surface area (Å²) in [5.41, 5.74) is 0.501. The Labute approximate surface area is 82.9 Å². The molecule has 0 unspecified atom stereocenters. The largest absolute Gasteiger partial charge is 0.306 e. The van der Waals surface area contributed by atoms with Crippen LogP contribution < -0.4 is 0 Å². The van der Waals surface area contributed by atoms with Gasteiger partial charge in [-0.1, -0.05) is 13.8 Å². The van der Waals surface area contributed by atoms with Crippen LogP contribution in [0.3, 0.4) is 0 Å². The normalized spacial score (nSPS) is 23.8. The van der Waals surface area contributed by atoms with Gasteiger partial charge in [0.1, 0.15) is 0 Å². The topological polar surface area (TPSA) is 6.48 Å². The highest BCUT2D eigenvalue weighted by atomic mass is 15.2. The second kappa shape index (κ2) is 4.43. The lowest BCUT2D eigenvalue weighted by molar-refractivity contribution is 0.0478. The molecule has 2 heteroatoms. The molecule has 1 fully saturated rings. The smallest absolute Gasteiger partial charge is 0.0228 e. The Morgan fingerprint density at radius 1 is 1.23 bits per heavy atom. The minimum absolute atomic E-state index is 0.501. The Morgan fingerprint density at radius 3 is 2.15 bits per heavy atom. The van der Waals surface area contributed by atoms with E-state index in [9.17, 15) is 0 Å². The molecule has 1 rings (SSSR count). The van der Waals surface area contributed by atoms with Crippen LogP contribution in [0.25, 0.3) is 0 Å². The van der Waals surface area contributed by atoms with Crippen LogP contribution in [0, 0.1) is 0 Å². The molecule has 1 aliphatic rings. The Kier molecular flexibility index (Phi) is 3.74. The molecule has 0 aromatic carbocycles. The zero-order valence-electron chi connectivity index (χ0n) is 9.64. The van der Waals surface area contributed by atoms with Crippen LogP contribution in [0.15, 0.2) is 0 Å². The second-order valence-corrected chi connectivity index (χ2v) is 4.40. The molecule has 1 saturated heterocycles. The summed E-state index contributed by atoms with van der Waals surface area (Å²) in [4.78, 5) is 4.98. The van der Waals surface area contributed by atoms with Crippen molar-refractivity contribution >= 4 is 0 Å². The van der Waals surface area contributed by atoms with Gasteiger partial charge in [0, 0.05) is 5.54 Å². The summed E-state index contributed by atoms with van der Waals surface area (Å²) in [5, 5.41) is 0. The van der Waals surface area contributed by atoms with Crippen molar-refractivity contribution in [2.75, 3.05) is 33.7 Å². The van der Waals surface area contributed by atoms with Crippen LogP contribution >= 0.6 is 0 Å². The van der Waals surface area contributed by atoms with Gasteiger partial charge in [0.2, 0.25) is 0 Å². The number of likely N-dealkylation sites (tertiary alicyclic amines) is 1. The highest BCUT2D eigenvalue weighted by Gasteiger charge is 2.34. The van der Waals surface area contributed by atoms with Gasteiger partial charge in [0.05, 0.1) is 0 Å². The molecule has 0 amide bonds. The molecular weight excluding hydrogens is 160 g/mol. The average molecular weight is 184 g/mol. The minimum atomic E-state index is 0.501. The third-order valence-corrected chi connectivity index (χ3v) is 3.86. The molecule has 0 N–H and O–H groups in total. The maximum Gasteiger partial charge on any atom is 0.0228 e. The van der Waals surface area contributed by atoms with Gasteiger partial charge in [0.25, 0.3) is 0 Å². The molecule has 78 valence electrons. The van der Waals surface area contributed by atoms with E-state index in [-0.39, 0.29) is 0 Å². The van der Waals surface area contributed by atoms with Gasteiger partial charge in [-0.3, -0.25) is 0 Å². The van der Waals surface area contributed by atoms with Crippen LogP contribution in [0.5, 0.6) is 0 Å². The highest BCUT2D eigenvalue weighted by Crippen LogP contribution is 2.30. The summed E-state index contributed by atoms with van der Waals surface area (Å²) in [6.07, 6.45) is 3.97. The Hall–Kier alpha value is -0.0800. The summed E-state index contributed by atoms with van der Waals surface area (Å²) >= 11 is 0. The Morgan fingerprint density at radius 2 is 1.77 bits per heavy atom. The third-order valence-electron chi connectivity index (χ3n) is 3.86. The molecule has 0 spiro atoms. The van der Waals surface area contributed by atoms with Crippen molar-refractivity contribution in [1.29, 1.82) is 0 Å². The number of rotatable bonds is 3. The van der Waals surface area contributed by atoms with E-state index in [1.807, 2.05) is 0 Å². The van der Waals surface area contributed by atoms with Gasteiger partial charge in [-0.05, 0) is 53.0 Å². The quantitative estimate of drug-likeness (QED) is 0.660. The molecular formula is C11H24N2. The SMILES string of the molecule is CCN(C)C1(CC)CCN(C)CC1. The summed E-state index contributed by atoms with van der Waals surface area (Å²) in [6, 6.07) is 0. The van der Waals surface area contributed by atoms with Crippen molar-refractivity contribution in [2.24, 2.45) is 0 Å². The maximum atomic E-state index is 2.54. The third kappa shape index (κ3) is 2.23. The summed E-state index contributed by atoms with van der Waals surface area (Å²) in [7, 11) is 4.50. The van der Waals surface area contributed by atoms with Crippen LogP contribution in [0.1, 0.15) is 33.1 Å². The van der Waals surface area contributed by atoms with Crippen molar-refractivity contribution in [3.05, 3.63) is 0 Å². The van der Waals surface area contributed by atoms with Crippen LogP contribution in [0.2, 0.25) is 0 Å². The molecule has 0 aromatic rings. The summed E-state index contributed by atoms with van der Waals surface area (Å²) in [6.45, 7) is 8.29. The van der Waals surface area contributed by atoms with Crippen LogP contribution in [-0.2, 0) is 0 Å². The van der Waals surface area contributed by atoms with E-state index in [0.29, 0.717) is 5.54 Å². The van der Waals surface area contributed by atoms with Gasteiger partial charge in [0.15, 0.2) is 0 Å². The molecule has 0 bridgehead atoms. The predicted molar refractivity (Wildman–Crippen MR) is 58.1 cm³/mol. The molecule has 0 aromatic heterocycles. The first kappa shape index (κ1) is 11.0. The lowest BCUT2D eigenvalue weighted by Gasteiger charge is -2.46. The molecule has 2 nitrogen and oxygen atoms in total. The minimum Gasteiger partial charge on any atom is -0.306 e. The van der Waals surface area contributed by atoms with Gasteiger partial charge in [-0.15, -0.1) is 0 Å². The van der Waals surface area contributed by atoms with E-state index in [0.717, 1.165) is 0 Å². The van der Waals surface area contributed by atoms with Crippen molar-refractivity contribution in [2.45, 2.75) is 38.6 Å². The second-order valence-electron chi connectivity index (χ2n) is 4.40. The molecule has 1 aliphatic heterocycles. The van der Waals surface area contributed by atoms with Crippen molar-refractivity contribution in [3.8, 4) is 0 Å². The number of hydrogen-bond acceptors (Lipinski definition) is 2. The molecule has 1 heterocycles. The van der Waals surface area contributed by atoms with E-state index < -0.39 is 0 Å². The van der Waals surface area contributed by atoms with Crippen molar-refractivity contribution < 1.29 is 0 Å².